The Bertz CT molecular complexity index is 263. The summed E-state index contributed by atoms with van der Waals surface area (Å²) in [7, 11) is 0. The molecule has 1 amide bonds. The number of amides is 1. The highest BCUT2D eigenvalue weighted by Gasteiger charge is 2.37. The van der Waals surface area contributed by atoms with Crippen LogP contribution in [0.3, 0.4) is 0 Å². The van der Waals surface area contributed by atoms with E-state index in [1.54, 1.807) is 0 Å². The summed E-state index contributed by atoms with van der Waals surface area (Å²) in [5.41, 5.74) is 0.271. The van der Waals surface area contributed by atoms with E-state index in [-0.39, 0.29) is 17.8 Å². The van der Waals surface area contributed by atoms with E-state index in [1.807, 2.05) is 0 Å². The molecule has 0 aromatic rings. The van der Waals surface area contributed by atoms with Gasteiger partial charge in [-0.3, -0.25) is 4.79 Å². The van der Waals surface area contributed by atoms with Gasteiger partial charge in [-0.15, -0.1) is 12.4 Å². The third-order valence-corrected chi connectivity index (χ3v) is 3.83. The lowest BCUT2D eigenvalue weighted by atomic mass is 9.90. The van der Waals surface area contributed by atoms with Gasteiger partial charge >= 0.3 is 0 Å². The molecule has 2 heterocycles. The van der Waals surface area contributed by atoms with Crippen molar-refractivity contribution in [3.8, 4) is 0 Å². The summed E-state index contributed by atoms with van der Waals surface area (Å²) in [6.45, 7) is 10.8. The summed E-state index contributed by atoms with van der Waals surface area (Å²) in [4.78, 5) is 14.1. The molecule has 2 fully saturated rings. The molecular weight excluding hydrogens is 236 g/mol. The van der Waals surface area contributed by atoms with Gasteiger partial charge < -0.3 is 10.2 Å². The van der Waals surface area contributed by atoms with Crippen LogP contribution in [0.5, 0.6) is 0 Å². The quantitative estimate of drug-likeness (QED) is 0.823. The minimum atomic E-state index is 0. The number of nitrogens with zero attached hydrogens (tertiary/aromatic N) is 1. The van der Waals surface area contributed by atoms with Gasteiger partial charge in [0.25, 0.3) is 0 Å². The molecule has 2 aliphatic heterocycles. The first-order valence-electron chi connectivity index (χ1n) is 6.44. The number of halogens is 1. The molecule has 0 aromatic heterocycles. The summed E-state index contributed by atoms with van der Waals surface area (Å²) in [6.07, 6.45) is 1.71. The predicted octanol–water partition coefficient (Wildman–Crippen LogP) is 1.91. The van der Waals surface area contributed by atoms with Gasteiger partial charge in [-0.05, 0) is 23.7 Å². The fourth-order valence-electron chi connectivity index (χ4n) is 2.70. The number of fused-ring (bicyclic) bond motifs is 1. The lowest BCUT2D eigenvalue weighted by Crippen LogP contribution is -2.32. The lowest BCUT2D eigenvalue weighted by Gasteiger charge is -2.21. The maximum atomic E-state index is 12.0. The molecule has 0 saturated carbocycles. The Morgan fingerprint density at radius 1 is 1.24 bits per heavy atom. The van der Waals surface area contributed by atoms with Crippen LogP contribution in [0.4, 0.5) is 0 Å². The van der Waals surface area contributed by atoms with Gasteiger partial charge in [0.15, 0.2) is 0 Å². The molecule has 2 rings (SSSR count). The van der Waals surface area contributed by atoms with Crippen molar-refractivity contribution in [1.29, 1.82) is 0 Å². The molecule has 0 aliphatic carbocycles. The smallest absolute Gasteiger partial charge is 0.222 e. The molecular formula is C13H25ClN2O. The molecule has 100 valence electrons. The Morgan fingerprint density at radius 2 is 1.76 bits per heavy atom. The minimum Gasteiger partial charge on any atom is -0.342 e. The average molecular weight is 261 g/mol. The molecule has 3 nitrogen and oxygen atoms in total. The van der Waals surface area contributed by atoms with Crippen molar-refractivity contribution in [3.63, 3.8) is 0 Å². The third-order valence-electron chi connectivity index (χ3n) is 3.83. The fraction of sp³-hybridized carbons (Fsp3) is 0.923. The molecule has 1 N–H and O–H groups in total. The zero-order chi connectivity index (χ0) is 11.8. The number of hydrogen-bond acceptors (Lipinski definition) is 2. The Labute approximate surface area is 111 Å². The minimum absolute atomic E-state index is 0. The van der Waals surface area contributed by atoms with Gasteiger partial charge in [0.1, 0.15) is 0 Å². The third kappa shape index (κ3) is 3.85. The second-order valence-corrected chi connectivity index (χ2v) is 6.54. The van der Waals surface area contributed by atoms with Gasteiger partial charge in [0.2, 0.25) is 5.91 Å². The van der Waals surface area contributed by atoms with Crippen LogP contribution in [0.25, 0.3) is 0 Å². The van der Waals surface area contributed by atoms with Crippen molar-refractivity contribution in [3.05, 3.63) is 0 Å². The summed E-state index contributed by atoms with van der Waals surface area (Å²) < 4.78 is 0. The normalized spacial score (nSPS) is 27.8. The SMILES string of the molecule is CC(C)(C)CCC(=O)N1C[C@H]2CNC[C@H]2C1.Cl. The van der Waals surface area contributed by atoms with E-state index in [1.165, 1.54) is 0 Å². The number of carbonyl (C=O) groups excluding carboxylic acids is 1. The summed E-state index contributed by atoms with van der Waals surface area (Å²) in [6, 6.07) is 0. The first-order valence-corrected chi connectivity index (χ1v) is 6.44. The van der Waals surface area contributed by atoms with Crippen LogP contribution in [-0.2, 0) is 4.79 Å². The largest absolute Gasteiger partial charge is 0.342 e. The second-order valence-electron chi connectivity index (χ2n) is 6.54. The molecule has 2 saturated heterocycles. The predicted molar refractivity (Wildman–Crippen MR) is 72.4 cm³/mol. The first-order chi connectivity index (χ1) is 7.46. The number of likely N-dealkylation sites (tertiary alicyclic amines) is 1. The van der Waals surface area contributed by atoms with Gasteiger partial charge in [0.05, 0.1) is 0 Å². The molecule has 0 spiro atoms. The monoisotopic (exact) mass is 260 g/mol. The molecule has 0 bridgehead atoms. The number of rotatable bonds is 2. The van der Waals surface area contributed by atoms with Gasteiger partial charge in [0, 0.05) is 32.6 Å². The topological polar surface area (TPSA) is 32.3 Å². The van der Waals surface area contributed by atoms with Gasteiger partial charge in [-0.25, -0.2) is 0 Å². The Morgan fingerprint density at radius 3 is 2.24 bits per heavy atom. The van der Waals surface area contributed by atoms with Crippen LogP contribution < -0.4 is 5.32 Å². The lowest BCUT2D eigenvalue weighted by molar-refractivity contribution is -0.131. The maximum absolute atomic E-state index is 12.0. The van der Waals surface area contributed by atoms with Crippen molar-refractivity contribution < 1.29 is 4.79 Å². The van der Waals surface area contributed by atoms with E-state index in [4.69, 9.17) is 0 Å². The fourth-order valence-corrected chi connectivity index (χ4v) is 2.70. The highest BCUT2D eigenvalue weighted by atomic mass is 35.5. The average Bonchev–Trinajstić information content (AvgIpc) is 2.71. The Balaban J connectivity index is 0.00000144. The van der Waals surface area contributed by atoms with Crippen molar-refractivity contribution in [2.24, 2.45) is 17.3 Å². The molecule has 17 heavy (non-hydrogen) atoms. The standard InChI is InChI=1S/C13H24N2O.ClH/c1-13(2,3)5-4-12(16)15-8-10-6-14-7-11(10)9-15;/h10-11,14H,4-9H2,1-3H3;1H/t10-,11+;. The van der Waals surface area contributed by atoms with E-state index < -0.39 is 0 Å². The van der Waals surface area contributed by atoms with Crippen LogP contribution in [0.2, 0.25) is 0 Å². The van der Waals surface area contributed by atoms with Crippen molar-refractivity contribution in [2.45, 2.75) is 33.6 Å². The summed E-state index contributed by atoms with van der Waals surface area (Å²) in [5, 5.41) is 3.40. The number of carbonyl (C=O) groups is 1. The van der Waals surface area contributed by atoms with E-state index in [2.05, 4.69) is 31.0 Å². The van der Waals surface area contributed by atoms with Gasteiger partial charge in [-0.1, -0.05) is 20.8 Å². The first kappa shape index (κ1) is 14.8. The highest BCUT2D eigenvalue weighted by Crippen LogP contribution is 2.28. The maximum Gasteiger partial charge on any atom is 0.222 e. The Kier molecular flexibility index (Phi) is 4.85. The van der Waals surface area contributed by atoms with Crippen molar-refractivity contribution in [2.75, 3.05) is 26.2 Å². The number of hydrogen-bond donors (Lipinski definition) is 1. The zero-order valence-corrected chi connectivity index (χ0v) is 12.0. The number of nitrogens with one attached hydrogen (secondary N) is 1. The molecule has 2 atom stereocenters. The van der Waals surface area contributed by atoms with Crippen LogP contribution in [0, 0.1) is 17.3 Å². The molecule has 4 heteroatoms. The summed E-state index contributed by atoms with van der Waals surface area (Å²) >= 11 is 0. The van der Waals surface area contributed by atoms with Crippen LogP contribution >= 0.6 is 12.4 Å². The van der Waals surface area contributed by atoms with Crippen LogP contribution in [0.15, 0.2) is 0 Å². The van der Waals surface area contributed by atoms with E-state index >= 15 is 0 Å². The van der Waals surface area contributed by atoms with E-state index in [9.17, 15) is 4.79 Å². The molecule has 0 radical (unpaired) electrons. The van der Waals surface area contributed by atoms with Gasteiger partial charge in [-0.2, -0.15) is 0 Å². The van der Waals surface area contributed by atoms with Crippen LogP contribution in [-0.4, -0.2) is 37.0 Å². The van der Waals surface area contributed by atoms with E-state index in [0.717, 1.165) is 50.9 Å². The zero-order valence-electron chi connectivity index (χ0n) is 11.2. The molecule has 2 aliphatic rings. The van der Waals surface area contributed by atoms with Crippen molar-refractivity contribution in [1.82, 2.24) is 10.2 Å². The van der Waals surface area contributed by atoms with E-state index in [0.29, 0.717) is 5.91 Å². The van der Waals surface area contributed by atoms with Crippen molar-refractivity contribution >= 4 is 18.3 Å². The van der Waals surface area contributed by atoms with Crippen LogP contribution in [0.1, 0.15) is 33.6 Å². The summed E-state index contributed by atoms with van der Waals surface area (Å²) in [5.74, 6) is 1.81. The molecule has 0 aromatic carbocycles. The highest BCUT2D eigenvalue weighted by molar-refractivity contribution is 5.85. The Hall–Kier alpha value is -0.280. The second kappa shape index (κ2) is 5.57. The molecule has 0 unspecified atom stereocenters.